The van der Waals surface area contributed by atoms with Crippen LogP contribution in [0.4, 0.5) is 5.69 Å². The molecule has 0 amide bonds. The van der Waals surface area contributed by atoms with Gasteiger partial charge in [-0.05, 0) is 40.6 Å². The van der Waals surface area contributed by atoms with Crippen LogP contribution in [-0.4, -0.2) is 27.8 Å². The zero-order chi connectivity index (χ0) is 23.7. The number of benzene rings is 4. The molecule has 0 aliphatic heterocycles. The first-order valence-electron chi connectivity index (χ1n) is 10.5. The number of carbonyl (C=O) groups is 1. The molecule has 1 aromatic heterocycles. The number of ether oxygens (including phenoxy) is 2. The van der Waals surface area contributed by atoms with Gasteiger partial charge in [0.25, 0.3) is 5.69 Å². The Bertz CT molecular complexity index is 1550. The van der Waals surface area contributed by atoms with Crippen molar-refractivity contribution in [2.45, 2.75) is 6.54 Å². The van der Waals surface area contributed by atoms with Gasteiger partial charge in [-0.1, -0.05) is 48.5 Å². The summed E-state index contributed by atoms with van der Waals surface area (Å²) in [6, 6.07) is 24.7. The molecule has 4 aromatic carbocycles. The van der Waals surface area contributed by atoms with E-state index in [9.17, 15) is 14.9 Å². The third-order valence-corrected chi connectivity index (χ3v) is 5.58. The number of fused-ring (bicyclic) bond motifs is 2. The van der Waals surface area contributed by atoms with Crippen LogP contribution in [0.1, 0.15) is 15.9 Å². The van der Waals surface area contributed by atoms with Crippen molar-refractivity contribution in [3.05, 3.63) is 106 Å². The molecular formula is C26H19N3O5. The molecule has 5 rings (SSSR count). The van der Waals surface area contributed by atoms with Crippen molar-refractivity contribution >= 4 is 33.3 Å². The van der Waals surface area contributed by atoms with E-state index in [2.05, 4.69) is 5.10 Å². The van der Waals surface area contributed by atoms with E-state index in [1.165, 1.54) is 12.1 Å². The molecule has 0 unspecified atom stereocenters. The van der Waals surface area contributed by atoms with Crippen LogP contribution in [0.25, 0.3) is 21.7 Å². The molecule has 0 bridgehead atoms. The Morgan fingerprint density at radius 2 is 1.76 bits per heavy atom. The van der Waals surface area contributed by atoms with Crippen molar-refractivity contribution in [2.24, 2.45) is 0 Å². The molecular weight excluding hydrogens is 434 g/mol. The van der Waals surface area contributed by atoms with E-state index in [-0.39, 0.29) is 18.1 Å². The highest BCUT2D eigenvalue weighted by molar-refractivity contribution is 6.05. The first-order chi connectivity index (χ1) is 16.5. The average molecular weight is 453 g/mol. The van der Waals surface area contributed by atoms with Crippen LogP contribution in [-0.2, 0) is 6.54 Å². The molecule has 0 saturated carbocycles. The van der Waals surface area contributed by atoms with Crippen molar-refractivity contribution in [1.82, 2.24) is 9.78 Å². The molecule has 8 heteroatoms. The average Bonchev–Trinajstić information content (AvgIpc) is 3.19. The van der Waals surface area contributed by atoms with Gasteiger partial charge in [0.05, 0.1) is 35.0 Å². The van der Waals surface area contributed by atoms with Gasteiger partial charge in [-0.3, -0.25) is 14.8 Å². The Morgan fingerprint density at radius 3 is 2.59 bits per heavy atom. The Labute approximate surface area is 194 Å². The molecule has 168 valence electrons. The predicted octanol–water partition coefficient (Wildman–Crippen LogP) is 5.37. The van der Waals surface area contributed by atoms with E-state index >= 15 is 0 Å². The van der Waals surface area contributed by atoms with Crippen molar-refractivity contribution in [2.75, 3.05) is 7.11 Å². The second-order valence-electron chi connectivity index (χ2n) is 7.69. The predicted molar refractivity (Wildman–Crippen MR) is 127 cm³/mol. The highest BCUT2D eigenvalue weighted by Crippen LogP contribution is 2.31. The van der Waals surface area contributed by atoms with Crippen LogP contribution in [0.2, 0.25) is 0 Å². The Balaban J connectivity index is 1.55. The third-order valence-electron chi connectivity index (χ3n) is 5.58. The smallest absolute Gasteiger partial charge is 0.345 e. The number of nitro benzene ring substituents is 1. The summed E-state index contributed by atoms with van der Waals surface area (Å²) in [5.74, 6) is 0.198. The summed E-state index contributed by atoms with van der Waals surface area (Å²) in [7, 11) is 1.55. The van der Waals surface area contributed by atoms with Crippen LogP contribution in [0.15, 0.2) is 84.9 Å². The lowest BCUT2D eigenvalue weighted by atomic mass is 10.1. The van der Waals surface area contributed by atoms with E-state index < -0.39 is 10.9 Å². The van der Waals surface area contributed by atoms with Gasteiger partial charge in [0, 0.05) is 12.1 Å². The fourth-order valence-corrected chi connectivity index (χ4v) is 3.94. The summed E-state index contributed by atoms with van der Waals surface area (Å²) in [5, 5.41) is 18.0. The van der Waals surface area contributed by atoms with Gasteiger partial charge < -0.3 is 9.47 Å². The first-order valence-corrected chi connectivity index (χ1v) is 10.5. The van der Waals surface area contributed by atoms with Crippen LogP contribution < -0.4 is 9.47 Å². The maximum atomic E-state index is 13.1. The number of nitro groups is 1. The second kappa shape index (κ2) is 8.67. The minimum absolute atomic E-state index is 0.00163. The van der Waals surface area contributed by atoms with E-state index in [0.29, 0.717) is 27.8 Å². The van der Waals surface area contributed by atoms with Crippen LogP contribution in [0.3, 0.4) is 0 Å². The van der Waals surface area contributed by atoms with Gasteiger partial charge >= 0.3 is 5.97 Å². The molecule has 1 heterocycles. The lowest BCUT2D eigenvalue weighted by Gasteiger charge is -2.06. The summed E-state index contributed by atoms with van der Waals surface area (Å²) in [6.45, 7) is 0.260. The molecule has 0 aliphatic rings. The maximum Gasteiger partial charge on any atom is 0.345 e. The number of methoxy groups -OCH3 is 1. The fraction of sp³-hybridized carbons (Fsp3) is 0.0769. The molecule has 8 nitrogen and oxygen atoms in total. The van der Waals surface area contributed by atoms with Crippen LogP contribution in [0.5, 0.6) is 11.6 Å². The summed E-state index contributed by atoms with van der Waals surface area (Å²) < 4.78 is 12.8. The number of hydrogen-bond donors (Lipinski definition) is 0. The zero-order valence-corrected chi connectivity index (χ0v) is 18.2. The Morgan fingerprint density at radius 1 is 0.971 bits per heavy atom. The third kappa shape index (κ3) is 3.93. The van der Waals surface area contributed by atoms with Crippen LogP contribution in [0, 0.1) is 10.1 Å². The number of non-ortho nitro benzene ring substituents is 1. The standard InChI is InChI=1S/C26H19N3O5/c1-33-20-12-13-24-23(15-20)25(27-28(24)16-17-6-4-9-19(14-17)29(31)32)34-26(30)22-11-5-8-18-7-2-3-10-21(18)22/h2-15H,16H2,1H3. The maximum absolute atomic E-state index is 13.1. The second-order valence-corrected chi connectivity index (χ2v) is 7.69. The van der Waals surface area contributed by atoms with Gasteiger partial charge in [0.1, 0.15) is 5.75 Å². The van der Waals surface area contributed by atoms with E-state index in [1.807, 2.05) is 36.4 Å². The van der Waals surface area contributed by atoms with Crippen molar-refractivity contribution in [1.29, 1.82) is 0 Å². The lowest BCUT2D eigenvalue weighted by Crippen LogP contribution is -2.10. The number of esters is 1. The zero-order valence-electron chi connectivity index (χ0n) is 18.2. The summed E-state index contributed by atoms with van der Waals surface area (Å²) >= 11 is 0. The lowest BCUT2D eigenvalue weighted by molar-refractivity contribution is -0.384. The first kappa shape index (κ1) is 21.1. The highest BCUT2D eigenvalue weighted by Gasteiger charge is 2.19. The minimum atomic E-state index is -0.526. The van der Waals surface area contributed by atoms with E-state index in [4.69, 9.17) is 9.47 Å². The molecule has 0 aliphatic carbocycles. The number of carbonyl (C=O) groups excluding carboxylic acids is 1. The molecule has 0 N–H and O–H groups in total. The topological polar surface area (TPSA) is 96.5 Å². The Hall–Kier alpha value is -4.72. The van der Waals surface area contributed by atoms with Gasteiger partial charge in [0.2, 0.25) is 5.88 Å². The Kier molecular flexibility index (Phi) is 5.39. The number of rotatable bonds is 6. The molecule has 34 heavy (non-hydrogen) atoms. The van der Waals surface area contributed by atoms with Gasteiger partial charge in [-0.2, -0.15) is 0 Å². The fourth-order valence-electron chi connectivity index (χ4n) is 3.94. The number of aromatic nitrogens is 2. The summed E-state index contributed by atoms with van der Waals surface area (Å²) in [6.07, 6.45) is 0. The van der Waals surface area contributed by atoms with Crippen molar-refractivity contribution in [3.63, 3.8) is 0 Å². The molecule has 0 radical (unpaired) electrons. The highest BCUT2D eigenvalue weighted by atomic mass is 16.6. The quantitative estimate of drug-likeness (QED) is 0.195. The molecule has 0 spiro atoms. The monoisotopic (exact) mass is 453 g/mol. The summed E-state index contributed by atoms with van der Waals surface area (Å²) in [4.78, 5) is 23.9. The van der Waals surface area contributed by atoms with Gasteiger partial charge in [-0.25, -0.2) is 4.79 Å². The molecule has 0 saturated heterocycles. The van der Waals surface area contributed by atoms with E-state index in [1.54, 1.807) is 48.2 Å². The molecule has 5 aromatic rings. The SMILES string of the molecule is COc1ccc2c(c1)c(OC(=O)c1cccc3ccccc13)nn2Cc1cccc([N+](=O)[O-])c1. The summed E-state index contributed by atoms with van der Waals surface area (Å²) in [5.41, 5.74) is 1.83. The van der Waals surface area contributed by atoms with Gasteiger partial charge in [-0.15, -0.1) is 5.10 Å². The van der Waals surface area contributed by atoms with Crippen molar-refractivity contribution < 1.29 is 19.2 Å². The minimum Gasteiger partial charge on any atom is -0.497 e. The molecule has 0 fully saturated rings. The number of hydrogen-bond acceptors (Lipinski definition) is 6. The molecule has 0 atom stereocenters. The van der Waals surface area contributed by atoms with Gasteiger partial charge in [0.15, 0.2) is 0 Å². The van der Waals surface area contributed by atoms with Crippen molar-refractivity contribution in [3.8, 4) is 11.6 Å². The van der Waals surface area contributed by atoms with E-state index in [0.717, 1.165) is 10.8 Å². The normalized spacial score (nSPS) is 11.0. The number of nitrogens with zero attached hydrogens (tertiary/aromatic N) is 3. The van der Waals surface area contributed by atoms with Crippen LogP contribution >= 0.6 is 0 Å². The largest absolute Gasteiger partial charge is 0.497 e.